The van der Waals surface area contributed by atoms with Crippen molar-refractivity contribution < 1.29 is 9.59 Å². The number of carbonyl (C=O) groups is 2. The Morgan fingerprint density at radius 2 is 1.59 bits per heavy atom. The van der Waals surface area contributed by atoms with Gasteiger partial charge in [0.2, 0.25) is 5.91 Å². The standard InChI is InChI=1S/C22H25N3O2/c1-16-8-9-19(17(2)14-16)25-21(26)15-20(22(25)27)24-12-10-23(11-13-24)18-6-4-3-5-7-18/h3-9,14,20H,10-13,15H2,1-2H3. The lowest BCUT2D eigenvalue weighted by Gasteiger charge is -2.38. The normalized spacial score (nSPS) is 21.2. The lowest BCUT2D eigenvalue weighted by atomic mass is 10.1. The second kappa shape index (κ2) is 7.16. The maximum Gasteiger partial charge on any atom is 0.251 e. The molecular weight excluding hydrogens is 338 g/mol. The van der Waals surface area contributed by atoms with Crippen molar-refractivity contribution in [3.63, 3.8) is 0 Å². The molecule has 0 radical (unpaired) electrons. The fourth-order valence-corrected chi connectivity index (χ4v) is 4.14. The number of carbonyl (C=O) groups excluding carboxylic acids is 2. The Bertz CT molecular complexity index is 857. The van der Waals surface area contributed by atoms with E-state index >= 15 is 0 Å². The molecule has 2 aromatic rings. The van der Waals surface area contributed by atoms with Gasteiger partial charge in [-0.2, -0.15) is 0 Å². The Morgan fingerprint density at radius 3 is 2.26 bits per heavy atom. The highest BCUT2D eigenvalue weighted by molar-refractivity contribution is 6.22. The lowest BCUT2D eigenvalue weighted by molar-refractivity contribution is -0.123. The summed E-state index contributed by atoms with van der Waals surface area (Å²) in [6, 6.07) is 15.8. The first kappa shape index (κ1) is 17.7. The molecule has 4 rings (SSSR count). The highest BCUT2D eigenvalue weighted by Crippen LogP contribution is 2.29. The zero-order valence-electron chi connectivity index (χ0n) is 15.9. The molecule has 1 unspecified atom stereocenters. The summed E-state index contributed by atoms with van der Waals surface area (Å²) in [7, 11) is 0. The highest BCUT2D eigenvalue weighted by Gasteiger charge is 2.43. The molecule has 0 saturated carbocycles. The average molecular weight is 363 g/mol. The van der Waals surface area contributed by atoms with Crippen LogP contribution in [-0.2, 0) is 9.59 Å². The van der Waals surface area contributed by atoms with Gasteiger partial charge in [0.05, 0.1) is 18.2 Å². The summed E-state index contributed by atoms with van der Waals surface area (Å²) in [4.78, 5) is 31.6. The number of hydrogen-bond acceptors (Lipinski definition) is 4. The Kier molecular flexibility index (Phi) is 4.70. The summed E-state index contributed by atoms with van der Waals surface area (Å²) in [6.07, 6.45) is 0.275. The van der Waals surface area contributed by atoms with Gasteiger partial charge in [0.15, 0.2) is 0 Å². The van der Waals surface area contributed by atoms with Crippen LogP contribution in [0.2, 0.25) is 0 Å². The van der Waals surface area contributed by atoms with Gasteiger partial charge in [-0.3, -0.25) is 14.5 Å². The third-order valence-electron chi connectivity index (χ3n) is 5.59. The fourth-order valence-electron chi connectivity index (χ4n) is 4.14. The lowest BCUT2D eigenvalue weighted by Crippen LogP contribution is -2.52. The van der Waals surface area contributed by atoms with E-state index in [1.807, 2.05) is 50.2 Å². The highest BCUT2D eigenvalue weighted by atomic mass is 16.2. The van der Waals surface area contributed by atoms with Gasteiger partial charge >= 0.3 is 0 Å². The van der Waals surface area contributed by atoms with Crippen LogP contribution in [0.5, 0.6) is 0 Å². The summed E-state index contributed by atoms with van der Waals surface area (Å²) in [5.74, 6) is -0.178. The maximum absolute atomic E-state index is 13.1. The van der Waals surface area contributed by atoms with E-state index < -0.39 is 0 Å². The van der Waals surface area contributed by atoms with Gasteiger partial charge in [-0.1, -0.05) is 35.9 Å². The van der Waals surface area contributed by atoms with E-state index in [2.05, 4.69) is 21.9 Å². The Hall–Kier alpha value is -2.66. The Labute approximate surface area is 160 Å². The minimum absolute atomic E-state index is 0.0832. The summed E-state index contributed by atoms with van der Waals surface area (Å²) in [5.41, 5.74) is 4.03. The average Bonchev–Trinajstić information content (AvgIpc) is 2.97. The van der Waals surface area contributed by atoms with E-state index in [0.717, 1.165) is 43.0 Å². The Balaban J connectivity index is 1.46. The van der Waals surface area contributed by atoms with Gasteiger partial charge in [0, 0.05) is 31.9 Å². The predicted molar refractivity (Wildman–Crippen MR) is 107 cm³/mol. The quantitative estimate of drug-likeness (QED) is 0.787. The topological polar surface area (TPSA) is 43.9 Å². The molecule has 2 fully saturated rings. The van der Waals surface area contributed by atoms with Gasteiger partial charge in [0.1, 0.15) is 0 Å². The molecule has 0 aliphatic carbocycles. The zero-order chi connectivity index (χ0) is 19.0. The van der Waals surface area contributed by atoms with Gasteiger partial charge in [-0.25, -0.2) is 4.90 Å². The molecule has 2 aliphatic heterocycles. The van der Waals surface area contributed by atoms with E-state index in [1.54, 1.807) is 0 Å². The van der Waals surface area contributed by atoms with E-state index in [0.29, 0.717) is 0 Å². The molecule has 5 heteroatoms. The van der Waals surface area contributed by atoms with Crippen molar-refractivity contribution in [1.82, 2.24) is 4.90 Å². The number of para-hydroxylation sites is 1. The number of nitrogens with zero attached hydrogens (tertiary/aromatic N) is 3. The summed E-state index contributed by atoms with van der Waals surface area (Å²) < 4.78 is 0. The van der Waals surface area contributed by atoms with Gasteiger partial charge in [0.25, 0.3) is 5.91 Å². The number of benzene rings is 2. The van der Waals surface area contributed by atoms with Crippen LogP contribution in [-0.4, -0.2) is 48.9 Å². The summed E-state index contributed by atoms with van der Waals surface area (Å²) in [5, 5.41) is 0. The molecule has 27 heavy (non-hydrogen) atoms. The van der Waals surface area contributed by atoms with Gasteiger partial charge in [-0.05, 0) is 37.6 Å². The first-order valence-corrected chi connectivity index (χ1v) is 9.52. The molecule has 0 aromatic heterocycles. The number of rotatable bonds is 3. The van der Waals surface area contributed by atoms with Crippen molar-refractivity contribution in [1.29, 1.82) is 0 Å². The second-order valence-electron chi connectivity index (χ2n) is 7.44. The molecule has 1 atom stereocenters. The van der Waals surface area contributed by atoms with Crippen LogP contribution in [0, 0.1) is 13.8 Å². The van der Waals surface area contributed by atoms with Crippen LogP contribution in [0.3, 0.4) is 0 Å². The summed E-state index contributed by atoms with van der Waals surface area (Å²) >= 11 is 0. The SMILES string of the molecule is Cc1ccc(N2C(=O)CC(N3CCN(c4ccccc4)CC3)C2=O)c(C)c1. The van der Waals surface area contributed by atoms with E-state index in [9.17, 15) is 9.59 Å². The number of anilines is 2. The Morgan fingerprint density at radius 1 is 0.889 bits per heavy atom. The van der Waals surface area contributed by atoms with Crippen molar-refractivity contribution in [3.8, 4) is 0 Å². The van der Waals surface area contributed by atoms with Gasteiger partial charge < -0.3 is 4.90 Å². The number of aryl methyl sites for hydroxylation is 2. The minimum Gasteiger partial charge on any atom is -0.369 e. The second-order valence-corrected chi connectivity index (χ2v) is 7.44. The molecule has 2 saturated heterocycles. The first-order chi connectivity index (χ1) is 13.0. The predicted octanol–water partition coefficient (Wildman–Crippen LogP) is 2.76. The first-order valence-electron chi connectivity index (χ1n) is 9.52. The number of amides is 2. The number of imide groups is 1. The van der Waals surface area contributed by atoms with Crippen LogP contribution in [0.15, 0.2) is 48.5 Å². The summed E-state index contributed by atoms with van der Waals surface area (Å²) in [6.45, 7) is 7.28. The van der Waals surface area contributed by atoms with Crippen LogP contribution < -0.4 is 9.80 Å². The third kappa shape index (κ3) is 3.35. The largest absolute Gasteiger partial charge is 0.369 e. The number of hydrogen-bond donors (Lipinski definition) is 0. The van der Waals surface area contributed by atoms with Gasteiger partial charge in [-0.15, -0.1) is 0 Å². The minimum atomic E-state index is -0.337. The third-order valence-corrected chi connectivity index (χ3v) is 5.59. The maximum atomic E-state index is 13.1. The van der Waals surface area contributed by atoms with E-state index in [4.69, 9.17) is 0 Å². The molecule has 2 aliphatic rings. The molecule has 0 spiro atoms. The zero-order valence-corrected chi connectivity index (χ0v) is 15.9. The smallest absolute Gasteiger partial charge is 0.251 e. The number of piperazine rings is 1. The van der Waals surface area contributed by atoms with Crippen molar-refractivity contribution in [2.45, 2.75) is 26.3 Å². The molecule has 2 heterocycles. The van der Waals surface area contributed by atoms with E-state index in [-0.39, 0.29) is 24.3 Å². The molecule has 0 bridgehead atoms. The van der Waals surface area contributed by atoms with Crippen LogP contribution >= 0.6 is 0 Å². The van der Waals surface area contributed by atoms with E-state index in [1.165, 1.54) is 10.6 Å². The van der Waals surface area contributed by atoms with Crippen molar-refractivity contribution in [3.05, 3.63) is 59.7 Å². The molecule has 2 aromatic carbocycles. The van der Waals surface area contributed by atoms with Crippen LogP contribution in [0.1, 0.15) is 17.5 Å². The van der Waals surface area contributed by atoms with Crippen molar-refractivity contribution in [2.75, 3.05) is 36.0 Å². The van der Waals surface area contributed by atoms with Crippen LogP contribution in [0.4, 0.5) is 11.4 Å². The van der Waals surface area contributed by atoms with Crippen molar-refractivity contribution >= 4 is 23.2 Å². The molecule has 140 valence electrons. The monoisotopic (exact) mass is 363 g/mol. The molecule has 5 nitrogen and oxygen atoms in total. The molecule has 0 N–H and O–H groups in total. The molecular formula is C22H25N3O2. The van der Waals surface area contributed by atoms with Crippen molar-refractivity contribution in [2.24, 2.45) is 0 Å². The fraction of sp³-hybridized carbons (Fsp3) is 0.364. The van der Waals surface area contributed by atoms with Crippen LogP contribution in [0.25, 0.3) is 0 Å². The molecule has 2 amide bonds.